The number of rotatable bonds is 10. The summed E-state index contributed by atoms with van der Waals surface area (Å²) < 4.78 is 11.4. The molecule has 0 spiro atoms. The Labute approximate surface area is 190 Å². The molecule has 1 saturated carbocycles. The minimum atomic E-state index is 0. The lowest BCUT2D eigenvalue weighted by Crippen LogP contribution is -2.48. The number of aliphatic imine (C=N–C) groups is 1. The van der Waals surface area contributed by atoms with Crippen molar-refractivity contribution in [1.82, 2.24) is 15.5 Å². The molecule has 1 aromatic heterocycles. The molecule has 2 aliphatic rings. The van der Waals surface area contributed by atoms with Crippen molar-refractivity contribution in [2.75, 3.05) is 53.0 Å². The first-order valence-corrected chi connectivity index (χ1v) is 11.1. The molecule has 160 valence electrons. The van der Waals surface area contributed by atoms with Gasteiger partial charge in [-0.2, -0.15) is 0 Å². The predicted molar refractivity (Wildman–Crippen MR) is 127 cm³/mol. The summed E-state index contributed by atoms with van der Waals surface area (Å²) in [5, 5.41) is 9.07. The van der Waals surface area contributed by atoms with Gasteiger partial charge in [-0.25, -0.2) is 0 Å². The highest BCUT2D eigenvalue weighted by Gasteiger charge is 2.26. The van der Waals surface area contributed by atoms with Crippen molar-refractivity contribution in [3.05, 3.63) is 22.4 Å². The maximum atomic E-state index is 5.72. The van der Waals surface area contributed by atoms with Crippen LogP contribution in [-0.2, 0) is 9.47 Å². The first-order chi connectivity index (χ1) is 13.3. The number of morpholine rings is 1. The highest BCUT2D eigenvalue weighted by atomic mass is 127. The van der Waals surface area contributed by atoms with E-state index in [2.05, 4.69) is 45.0 Å². The fourth-order valence-electron chi connectivity index (χ4n) is 3.35. The number of hydrogen-bond acceptors (Lipinski definition) is 5. The number of ether oxygens (including phenoxy) is 2. The molecule has 2 atom stereocenters. The summed E-state index contributed by atoms with van der Waals surface area (Å²) in [5.41, 5.74) is 0. The molecular formula is C20H35IN4O2S. The summed E-state index contributed by atoms with van der Waals surface area (Å²) in [6.07, 6.45) is 3.99. The standard InChI is InChI=1S/C20H34N4O2S.HI/c1-16-14-24(9-11-26-16)18(19-5-3-12-27-19)13-23-20(21-2)22-8-4-10-25-15-17-6-7-17;/h3,5,12,16-18H,4,6-11,13-15H2,1-2H3,(H2,21,22,23);1H. The van der Waals surface area contributed by atoms with Crippen LogP contribution in [0.2, 0.25) is 0 Å². The number of guanidine groups is 1. The Hall–Kier alpha value is -0.420. The molecule has 2 unspecified atom stereocenters. The molecular weight excluding hydrogens is 487 g/mol. The quantitative estimate of drug-likeness (QED) is 0.214. The number of thiophene rings is 1. The second-order valence-corrected chi connectivity index (χ2v) is 8.44. The van der Waals surface area contributed by atoms with E-state index >= 15 is 0 Å². The van der Waals surface area contributed by atoms with Gasteiger partial charge in [-0.05, 0) is 43.6 Å². The van der Waals surface area contributed by atoms with Gasteiger partial charge in [0.25, 0.3) is 0 Å². The molecule has 6 nitrogen and oxygen atoms in total. The Morgan fingerprint density at radius 2 is 2.29 bits per heavy atom. The molecule has 28 heavy (non-hydrogen) atoms. The minimum absolute atomic E-state index is 0. The van der Waals surface area contributed by atoms with Crippen molar-refractivity contribution < 1.29 is 9.47 Å². The van der Waals surface area contributed by atoms with Crippen LogP contribution in [0.3, 0.4) is 0 Å². The van der Waals surface area contributed by atoms with Crippen LogP contribution < -0.4 is 10.6 Å². The van der Waals surface area contributed by atoms with E-state index in [-0.39, 0.29) is 30.1 Å². The lowest BCUT2D eigenvalue weighted by Gasteiger charge is -2.37. The zero-order chi connectivity index (χ0) is 18.9. The van der Waals surface area contributed by atoms with Crippen LogP contribution in [-0.4, -0.2) is 70.0 Å². The van der Waals surface area contributed by atoms with Crippen molar-refractivity contribution in [2.45, 2.75) is 38.3 Å². The fraction of sp³-hybridized carbons (Fsp3) is 0.750. The van der Waals surface area contributed by atoms with Crippen molar-refractivity contribution in [2.24, 2.45) is 10.9 Å². The minimum Gasteiger partial charge on any atom is -0.381 e. The largest absolute Gasteiger partial charge is 0.381 e. The topological polar surface area (TPSA) is 58.1 Å². The molecule has 1 aliphatic heterocycles. The van der Waals surface area contributed by atoms with Crippen LogP contribution in [0.25, 0.3) is 0 Å². The fourth-order valence-corrected chi connectivity index (χ4v) is 4.21. The number of halogens is 1. The van der Waals surface area contributed by atoms with E-state index in [1.54, 1.807) is 0 Å². The van der Waals surface area contributed by atoms with E-state index < -0.39 is 0 Å². The van der Waals surface area contributed by atoms with Crippen molar-refractivity contribution in [3.63, 3.8) is 0 Å². The van der Waals surface area contributed by atoms with Gasteiger partial charge >= 0.3 is 0 Å². The normalized spacial score (nSPS) is 21.8. The van der Waals surface area contributed by atoms with E-state index in [0.29, 0.717) is 6.04 Å². The van der Waals surface area contributed by atoms with Gasteiger partial charge in [0.05, 0.1) is 18.8 Å². The average molecular weight is 522 g/mol. The molecule has 2 heterocycles. The van der Waals surface area contributed by atoms with Gasteiger partial charge in [-0.1, -0.05) is 6.07 Å². The molecule has 1 aromatic rings. The lowest BCUT2D eigenvalue weighted by atomic mass is 10.1. The van der Waals surface area contributed by atoms with Crippen molar-refractivity contribution >= 4 is 41.3 Å². The van der Waals surface area contributed by atoms with Crippen LogP contribution >= 0.6 is 35.3 Å². The number of hydrogen-bond donors (Lipinski definition) is 2. The second-order valence-electron chi connectivity index (χ2n) is 7.46. The Morgan fingerprint density at radius 3 is 2.96 bits per heavy atom. The zero-order valence-corrected chi connectivity index (χ0v) is 20.2. The first-order valence-electron chi connectivity index (χ1n) is 10.2. The Kier molecular flexibility index (Phi) is 11.1. The lowest BCUT2D eigenvalue weighted by molar-refractivity contribution is -0.0334. The molecule has 8 heteroatoms. The van der Waals surface area contributed by atoms with Gasteiger partial charge in [-0.15, -0.1) is 35.3 Å². The second kappa shape index (κ2) is 13.0. The smallest absolute Gasteiger partial charge is 0.191 e. The average Bonchev–Trinajstić information content (AvgIpc) is 3.35. The van der Waals surface area contributed by atoms with Crippen LogP contribution in [0.1, 0.15) is 37.1 Å². The summed E-state index contributed by atoms with van der Waals surface area (Å²) in [6, 6.07) is 4.70. The van der Waals surface area contributed by atoms with Crippen LogP contribution in [0.15, 0.2) is 22.5 Å². The Morgan fingerprint density at radius 1 is 1.43 bits per heavy atom. The van der Waals surface area contributed by atoms with Gasteiger partial charge in [0.15, 0.2) is 5.96 Å². The number of nitrogens with zero attached hydrogens (tertiary/aromatic N) is 2. The molecule has 0 amide bonds. The summed E-state index contributed by atoms with van der Waals surface area (Å²) in [6.45, 7) is 8.37. The van der Waals surface area contributed by atoms with Crippen LogP contribution in [0, 0.1) is 5.92 Å². The maximum Gasteiger partial charge on any atom is 0.191 e. The van der Waals surface area contributed by atoms with Gasteiger partial charge in [0, 0.05) is 51.3 Å². The highest BCUT2D eigenvalue weighted by Crippen LogP contribution is 2.28. The zero-order valence-electron chi connectivity index (χ0n) is 17.1. The summed E-state index contributed by atoms with van der Waals surface area (Å²) in [4.78, 5) is 8.28. The highest BCUT2D eigenvalue weighted by molar-refractivity contribution is 14.0. The first kappa shape index (κ1) is 23.9. The third-order valence-corrected chi connectivity index (χ3v) is 6.05. The molecule has 0 aromatic carbocycles. The van der Waals surface area contributed by atoms with Crippen LogP contribution in [0.5, 0.6) is 0 Å². The Bertz CT molecular complexity index is 569. The van der Waals surface area contributed by atoms with E-state index in [1.807, 2.05) is 18.4 Å². The summed E-state index contributed by atoms with van der Waals surface area (Å²) in [5.74, 6) is 1.70. The molecule has 1 aliphatic carbocycles. The third-order valence-electron chi connectivity index (χ3n) is 5.08. The third kappa shape index (κ3) is 8.14. The van der Waals surface area contributed by atoms with Crippen molar-refractivity contribution in [3.8, 4) is 0 Å². The Balaban J connectivity index is 0.00000280. The van der Waals surface area contributed by atoms with Crippen LogP contribution in [0.4, 0.5) is 0 Å². The molecule has 3 rings (SSSR count). The van der Waals surface area contributed by atoms with Gasteiger partial charge in [0.1, 0.15) is 0 Å². The van der Waals surface area contributed by atoms with E-state index in [4.69, 9.17) is 9.47 Å². The molecule has 2 fully saturated rings. The van der Waals surface area contributed by atoms with Gasteiger partial charge in [0.2, 0.25) is 0 Å². The molecule has 1 saturated heterocycles. The SMILES string of the molecule is CN=C(NCCCOCC1CC1)NCC(c1cccs1)N1CCOC(C)C1.I. The molecule has 0 bridgehead atoms. The van der Waals surface area contributed by atoms with Gasteiger partial charge < -0.3 is 20.1 Å². The maximum absolute atomic E-state index is 5.72. The molecule has 2 N–H and O–H groups in total. The summed E-state index contributed by atoms with van der Waals surface area (Å²) >= 11 is 1.82. The van der Waals surface area contributed by atoms with E-state index in [0.717, 1.165) is 64.3 Å². The summed E-state index contributed by atoms with van der Waals surface area (Å²) in [7, 11) is 1.83. The van der Waals surface area contributed by atoms with E-state index in [9.17, 15) is 0 Å². The van der Waals surface area contributed by atoms with E-state index in [1.165, 1.54) is 17.7 Å². The predicted octanol–water partition coefficient (Wildman–Crippen LogP) is 3.11. The number of nitrogens with one attached hydrogen (secondary N) is 2. The van der Waals surface area contributed by atoms with Crippen molar-refractivity contribution in [1.29, 1.82) is 0 Å². The monoisotopic (exact) mass is 522 g/mol. The van der Waals surface area contributed by atoms with Gasteiger partial charge in [-0.3, -0.25) is 9.89 Å². The molecule has 0 radical (unpaired) electrons.